The summed E-state index contributed by atoms with van der Waals surface area (Å²) in [6, 6.07) is 0. The molecule has 0 amide bonds. The molecule has 0 aromatic carbocycles. The van der Waals surface area contributed by atoms with E-state index in [4.69, 9.17) is 4.74 Å². The highest BCUT2D eigenvalue weighted by molar-refractivity contribution is 5.92. The fourth-order valence-corrected chi connectivity index (χ4v) is 15.5. The number of morpholine rings is 1. The van der Waals surface area contributed by atoms with Gasteiger partial charge in [-0.2, -0.15) is 0 Å². The maximum atomic E-state index is 11.9. The summed E-state index contributed by atoms with van der Waals surface area (Å²) >= 11 is 0. The van der Waals surface area contributed by atoms with Crippen LogP contribution in [0, 0.1) is 62.4 Å². The van der Waals surface area contributed by atoms with Gasteiger partial charge in [0.15, 0.2) is 11.6 Å². The average Bonchev–Trinajstić information content (AvgIpc) is 3.64. The van der Waals surface area contributed by atoms with Crippen molar-refractivity contribution >= 4 is 11.6 Å². The van der Waals surface area contributed by atoms with Crippen molar-refractivity contribution in [2.24, 2.45) is 57.2 Å². The molecule has 1 saturated heterocycles. The monoisotopic (exact) mass is 808 g/mol. The zero-order valence-corrected chi connectivity index (χ0v) is 36.9. The fourth-order valence-electron chi connectivity index (χ4n) is 15.5. The van der Waals surface area contributed by atoms with Crippen LogP contribution < -0.4 is 0 Å². The van der Waals surface area contributed by atoms with Gasteiger partial charge in [-0.15, -0.1) is 0 Å². The molecule has 0 radical (unpaired) electrons. The summed E-state index contributed by atoms with van der Waals surface area (Å²) in [6.07, 6.45) is 19.1. The van der Waals surface area contributed by atoms with Gasteiger partial charge in [-0.25, -0.2) is 0 Å². The number of allylic oxidation sites excluding steroid dienone is 4. The van der Waals surface area contributed by atoms with E-state index in [2.05, 4.69) is 40.7 Å². The van der Waals surface area contributed by atoms with Gasteiger partial charge in [0.2, 0.25) is 0 Å². The molecule has 0 bridgehead atoms. The number of aliphatic hydroxyl groups excluding tert-OH is 3. The zero-order valence-electron chi connectivity index (χ0n) is 36.9. The number of rotatable bonds is 3. The Hall–Kier alpha value is -1.72. The minimum atomic E-state index is -1.10. The number of carbonyl (C=O) groups excluding carboxylic acids is 2. The molecule has 58 heavy (non-hydrogen) atoms. The van der Waals surface area contributed by atoms with E-state index in [1.54, 1.807) is 12.6 Å². The molecule has 1 heterocycles. The van der Waals surface area contributed by atoms with Gasteiger partial charge in [-0.1, -0.05) is 64.3 Å². The number of ether oxygens (including phenoxy) is 1. The molecule has 326 valence electrons. The Morgan fingerprint density at radius 2 is 1.31 bits per heavy atom. The summed E-state index contributed by atoms with van der Waals surface area (Å²) < 4.78 is 4.86. The van der Waals surface area contributed by atoms with Crippen LogP contribution >= 0.6 is 0 Å². The Labute approximate surface area is 348 Å². The lowest BCUT2D eigenvalue weighted by molar-refractivity contribution is -0.869. The quantitative estimate of drug-likeness (QED) is 0.129. The standard InChI is InChI=1S/C22H34O4.C22H32O2.C5H11NO2/c1-4-18(25)22(26)10-8-16-15-6-5-13-11-14(23)7-9-20(13,2)19(15)17(24)12-21(16,22)3;1-4-5-14-7-9-18-17-8-6-15-12-16(23)10-11-21(15,2)20(17)19(24)13-22(14,18)3;1-6(7)2-4-8-5-3-6/h11,15-19,24-26H,4-10,12H2,1-3H3;5,12,17-20,24H,4,6-11,13H2,1-3H3;2-5H2,1H3/b;14-5-;/t15-,16-,17-,18-,19+,20-,21-,22-;17-,18-,19-,20+,21-,22+;/m00./s1. The fraction of sp³-hybridized carbons (Fsp3) is 0.837. The first-order chi connectivity index (χ1) is 27.3. The molecule has 9 rings (SSSR count). The van der Waals surface area contributed by atoms with Crippen molar-refractivity contribution in [3.63, 3.8) is 0 Å². The van der Waals surface area contributed by atoms with Gasteiger partial charge in [0.05, 0.1) is 44.2 Å². The number of nitrogens with zero attached hydrogens (tertiary/aromatic N) is 1. The smallest absolute Gasteiger partial charge is 0.155 e. The third-order valence-corrected chi connectivity index (χ3v) is 18.7. The van der Waals surface area contributed by atoms with E-state index < -0.39 is 23.2 Å². The molecule has 14 atom stereocenters. The van der Waals surface area contributed by atoms with Crippen LogP contribution in [0.3, 0.4) is 0 Å². The summed E-state index contributed by atoms with van der Waals surface area (Å²) in [5, 5.41) is 55.5. The first-order valence-corrected chi connectivity index (χ1v) is 23.3. The number of hydroxylamine groups is 3. The third kappa shape index (κ3) is 7.30. The van der Waals surface area contributed by atoms with Crippen molar-refractivity contribution in [1.82, 2.24) is 0 Å². The molecular weight excluding hydrogens is 731 g/mol. The summed E-state index contributed by atoms with van der Waals surface area (Å²) in [5.74, 6) is 3.07. The predicted octanol–water partition coefficient (Wildman–Crippen LogP) is 7.78. The predicted molar refractivity (Wildman–Crippen MR) is 226 cm³/mol. The minimum absolute atomic E-state index is 0.0504. The van der Waals surface area contributed by atoms with Crippen molar-refractivity contribution in [3.8, 4) is 0 Å². The highest BCUT2D eigenvalue weighted by atomic mass is 16.6. The molecule has 6 saturated carbocycles. The van der Waals surface area contributed by atoms with E-state index in [1.807, 2.05) is 19.1 Å². The molecule has 1 aliphatic heterocycles. The molecule has 8 aliphatic carbocycles. The van der Waals surface area contributed by atoms with Gasteiger partial charge in [0.25, 0.3) is 0 Å². The van der Waals surface area contributed by atoms with E-state index in [-0.39, 0.29) is 38.7 Å². The molecule has 4 N–H and O–H groups in total. The van der Waals surface area contributed by atoms with Crippen LogP contribution in [0.5, 0.6) is 0 Å². The van der Waals surface area contributed by atoms with E-state index >= 15 is 0 Å². The molecular formula is C49H77NO8. The topological polar surface area (TPSA) is 147 Å². The Bertz CT molecular complexity index is 1660. The first-order valence-electron chi connectivity index (χ1n) is 23.3. The normalized spacial score (nSPS) is 47.6. The SMILES string of the molecule is CC/C=C1/CC[C@H]2[C@@H]3CCC4=CC(=O)CC[C@]4(C)[C@H]3[C@@H](O)C[C@]12C.CC[C@H](O)[C@@]1(O)CC[C@H]2[C@@H]3CCC4=CC(=O)CC[C@]4(C)[C@H]3[C@@H](O)C[C@@]21C.C[N+]1([O-])CCOCC1. The van der Waals surface area contributed by atoms with Gasteiger partial charge in [0.1, 0.15) is 13.1 Å². The number of likely N-dealkylation sites (N-methyl/N-ethyl adjacent to an activating group) is 1. The maximum absolute atomic E-state index is 11.9. The number of aliphatic hydroxyl groups is 4. The Kier molecular flexibility index (Phi) is 12.4. The van der Waals surface area contributed by atoms with Gasteiger partial charge < -0.3 is 35.0 Å². The van der Waals surface area contributed by atoms with Gasteiger partial charge >= 0.3 is 0 Å². The first kappa shape index (κ1) is 44.3. The molecule has 0 spiro atoms. The van der Waals surface area contributed by atoms with Crippen LogP contribution in [-0.4, -0.2) is 93.9 Å². The summed E-state index contributed by atoms with van der Waals surface area (Å²) in [6.45, 7) is 15.7. The van der Waals surface area contributed by atoms with Crippen LogP contribution in [0.4, 0.5) is 0 Å². The van der Waals surface area contributed by atoms with Crippen molar-refractivity contribution < 1.29 is 39.4 Å². The van der Waals surface area contributed by atoms with E-state index in [0.29, 0.717) is 87.9 Å². The lowest BCUT2D eigenvalue weighted by Gasteiger charge is -2.61. The number of fused-ring (bicyclic) bond motifs is 10. The van der Waals surface area contributed by atoms with Gasteiger partial charge in [0, 0.05) is 18.3 Å². The molecule has 9 aliphatic rings. The summed E-state index contributed by atoms with van der Waals surface area (Å²) in [7, 11) is 1.68. The molecule has 9 nitrogen and oxygen atoms in total. The number of quaternary nitrogens is 1. The molecule has 9 heteroatoms. The second-order valence-corrected chi connectivity index (χ2v) is 21.6. The van der Waals surface area contributed by atoms with Crippen molar-refractivity contribution in [1.29, 1.82) is 0 Å². The Morgan fingerprint density at radius 1 is 0.776 bits per heavy atom. The highest BCUT2D eigenvalue weighted by Crippen LogP contribution is 2.69. The van der Waals surface area contributed by atoms with Crippen LogP contribution in [0.15, 0.2) is 34.9 Å². The zero-order chi connectivity index (χ0) is 42.1. The Morgan fingerprint density at radius 3 is 1.81 bits per heavy atom. The van der Waals surface area contributed by atoms with Crippen molar-refractivity contribution in [2.75, 3.05) is 33.4 Å². The van der Waals surface area contributed by atoms with Crippen molar-refractivity contribution in [3.05, 3.63) is 40.2 Å². The number of ketones is 2. The second-order valence-electron chi connectivity index (χ2n) is 21.6. The average molecular weight is 808 g/mol. The second kappa shape index (κ2) is 16.2. The van der Waals surface area contributed by atoms with Crippen LogP contribution in [-0.2, 0) is 14.3 Å². The van der Waals surface area contributed by atoms with E-state index in [1.165, 1.54) is 24.0 Å². The number of hydrogen-bond acceptors (Lipinski definition) is 8. The number of hydrogen-bond donors (Lipinski definition) is 4. The summed E-state index contributed by atoms with van der Waals surface area (Å²) in [4.78, 5) is 23.8. The third-order valence-electron chi connectivity index (χ3n) is 18.7. The van der Waals surface area contributed by atoms with Gasteiger partial charge in [-0.3, -0.25) is 9.59 Å². The molecule has 7 fully saturated rings. The Balaban J connectivity index is 0.000000149. The lowest BCUT2D eigenvalue weighted by Crippen LogP contribution is -2.62. The van der Waals surface area contributed by atoms with E-state index in [9.17, 15) is 35.2 Å². The van der Waals surface area contributed by atoms with Crippen LogP contribution in [0.25, 0.3) is 0 Å². The van der Waals surface area contributed by atoms with Gasteiger partial charge in [-0.05, 0) is 154 Å². The highest BCUT2D eigenvalue weighted by Gasteiger charge is 2.68. The number of carbonyl (C=O) groups is 2. The largest absolute Gasteiger partial charge is 0.633 e. The van der Waals surface area contributed by atoms with E-state index in [0.717, 1.165) is 63.7 Å². The van der Waals surface area contributed by atoms with Crippen LogP contribution in [0.2, 0.25) is 0 Å². The molecule has 0 aromatic rings. The van der Waals surface area contributed by atoms with Crippen molar-refractivity contribution in [2.45, 2.75) is 168 Å². The molecule has 0 aromatic heterocycles. The van der Waals surface area contributed by atoms with Crippen LogP contribution in [0.1, 0.15) is 144 Å². The maximum Gasteiger partial charge on any atom is 0.155 e. The minimum Gasteiger partial charge on any atom is -0.633 e. The summed E-state index contributed by atoms with van der Waals surface area (Å²) in [5.41, 5.74) is 2.81. The lowest BCUT2D eigenvalue weighted by atomic mass is 9.45. The molecule has 0 unspecified atom stereocenters.